The van der Waals surface area contributed by atoms with Gasteiger partial charge in [-0.15, -0.1) is 10.2 Å². The first-order valence-corrected chi connectivity index (χ1v) is 11.5. The van der Waals surface area contributed by atoms with Crippen molar-refractivity contribution in [3.63, 3.8) is 0 Å². The summed E-state index contributed by atoms with van der Waals surface area (Å²) in [5.41, 5.74) is 4.01. The predicted octanol–water partition coefficient (Wildman–Crippen LogP) is 7.32. The lowest BCUT2D eigenvalue weighted by atomic mass is 10.2. The van der Waals surface area contributed by atoms with Crippen LogP contribution in [0.3, 0.4) is 0 Å². The number of nitrogens with zero attached hydrogens (tertiary/aromatic N) is 3. The molecular weight excluding hydrogens is 505 g/mol. The highest BCUT2D eigenvalue weighted by Crippen LogP contribution is 2.33. The molecule has 10 heteroatoms. The van der Waals surface area contributed by atoms with E-state index in [0.29, 0.717) is 20.6 Å². The molecule has 4 aromatic rings. The highest BCUT2D eigenvalue weighted by atomic mass is 35.5. The Labute approximate surface area is 208 Å². The molecule has 33 heavy (non-hydrogen) atoms. The first-order valence-electron chi connectivity index (χ1n) is 9.59. The van der Waals surface area contributed by atoms with Crippen molar-refractivity contribution in [1.29, 1.82) is 0 Å². The van der Waals surface area contributed by atoms with Gasteiger partial charge < -0.3 is 14.1 Å². The quantitative estimate of drug-likeness (QED) is 0.212. The van der Waals surface area contributed by atoms with Crippen LogP contribution in [0.15, 0.2) is 63.1 Å². The number of hydrogen-bond donors (Lipinski definition) is 1. The zero-order valence-electron chi connectivity index (χ0n) is 17.3. The number of aliphatic carboxylic acids is 1. The molecule has 0 amide bonds. The molecule has 0 aliphatic rings. The maximum atomic E-state index is 11.9. The Hall–Kier alpha value is -2.71. The fourth-order valence-corrected chi connectivity index (χ4v) is 4.37. The Morgan fingerprint density at radius 3 is 2.42 bits per heavy atom. The van der Waals surface area contributed by atoms with E-state index in [2.05, 4.69) is 10.2 Å². The van der Waals surface area contributed by atoms with Crippen LogP contribution in [0.1, 0.15) is 17.0 Å². The molecule has 0 atom stereocenters. The van der Waals surface area contributed by atoms with Crippen molar-refractivity contribution in [3.05, 3.63) is 85.5 Å². The molecular formula is C23H16Cl3N3O3S. The number of carboxylic acid groups (broad SMARTS) is 1. The van der Waals surface area contributed by atoms with Crippen LogP contribution in [-0.2, 0) is 4.79 Å². The molecule has 0 aliphatic carbocycles. The topological polar surface area (TPSA) is 81.2 Å². The summed E-state index contributed by atoms with van der Waals surface area (Å²) in [6.07, 6.45) is 1.58. The summed E-state index contributed by atoms with van der Waals surface area (Å²) >= 11 is 19.0. The molecule has 2 heterocycles. The maximum absolute atomic E-state index is 11.9. The van der Waals surface area contributed by atoms with Crippen molar-refractivity contribution in [1.82, 2.24) is 14.8 Å². The number of benzene rings is 2. The summed E-state index contributed by atoms with van der Waals surface area (Å²) in [6.45, 7) is 3.83. The lowest BCUT2D eigenvalue weighted by molar-refractivity contribution is -0.131. The van der Waals surface area contributed by atoms with Crippen molar-refractivity contribution in [2.45, 2.75) is 19.1 Å². The van der Waals surface area contributed by atoms with Gasteiger partial charge in [0.15, 0.2) is 0 Å². The van der Waals surface area contributed by atoms with Gasteiger partial charge in [-0.25, -0.2) is 4.79 Å². The minimum absolute atomic E-state index is 0.0377. The van der Waals surface area contributed by atoms with Crippen molar-refractivity contribution in [2.75, 3.05) is 0 Å². The molecule has 0 radical (unpaired) electrons. The molecule has 168 valence electrons. The van der Waals surface area contributed by atoms with Gasteiger partial charge in [0.2, 0.25) is 5.89 Å². The van der Waals surface area contributed by atoms with Crippen LogP contribution < -0.4 is 0 Å². The van der Waals surface area contributed by atoms with E-state index < -0.39 is 5.97 Å². The average Bonchev–Trinajstić information content (AvgIpc) is 3.34. The molecule has 4 rings (SSSR count). The lowest BCUT2D eigenvalue weighted by Gasteiger charge is -2.10. The zero-order valence-corrected chi connectivity index (χ0v) is 20.4. The zero-order chi connectivity index (χ0) is 23.7. The van der Waals surface area contributed by atoms with Gasteiger partial charge >= 0.3 is 5.97 Å². The maximum Gasteiger partial charge on any atom is 0.342 e. The van der Waals surface area contributed by atoms with E-state index in [-0.39, 0.29) is 16.0 Å². The number of thioether (sulfide) groups is 1. The second-order valence-electron chi connectivity index (χ2n) is 7.06. The summed E-state index contributed by atoms with van der Waals surface area (Å²) in [5, 5.41) is 19.3. The van der Waals surface area contributed by atoms with Gasteiger partial charge in [0.25, 0.3) is 5.22 Å². The number of carboxylic acids is 1. The van der Waals surface area contributed by atoms with E-state index in [9.17, 15) is 9.90 Å². The molecule has 2 aromatic heterocycles. The monoisotopic (exact) mass is 519 g/mol. The largest absolute Gasteiger partial charge is 0.477 e. The smallest absolute Gasteiger partial charge is 0.342 e. The Kier molecular flexibility index (Phi) is 6.86. The van der Waals surface area contributed by atoms with Gasteiger partial charge in [-0.3, -0.25) is 0 Å². The first kappa shape index (κ1) is 23.4. The number of rotatable bonds is 6. The van der Waals surface area contributed by atoms with Gasteiger partial charge in [0, 0.05) is 27.7 Å². The summed E-state index contributed by atoms with van der Waals surface area (Å²) < 4.78 is 7.62. The van der Waals surface area contributed by atoms with Crippen LogP contribution in [0.2, 0.25) is 15.1 Å². The molecule has 1 N–H and O–H groups in total. The van der Waals surface area contributed by atoms with Gasteiger partial charge in [-0.2, -0.15) is 0 Å². The molecule has 0 saturated heterocycles. The van der Waals surface area contributed by atoms with E-state index >= 15 is 0 Å². The minimum atomic E-state index is -1.11. The Bertz CT molecular complexity index is 1380. The fourth-order valence-electron chi connectivity index (χ4n) is 3.29. The Morgan fingerprint density at radius 1 is 1.03 bits per heavy atom. The fraction of sp³-hybridized carbons (Fsp3) is 0.0870. The summed E-state index contributed by atoms with van der Waals surface area (Å²) in [4.78, 5) is 12.0. The molecule has 2 aromatic carbocycles. The van der Waals surface area contributed by atoms with E-state index in [4.69, 9.17) is 39.2 Å². The third-order valence-corrected chi connectivity index (χ3v) is 6.67. The summed E-state index contributed by atoms with van der Waals surface area (Å²) in [6, 6.07) is 14.1. The van der Waals surface area contributed by atoms with Crippen LogP contribution in [0, 0.1) is 13.8 Å². The van der Waals surface area contributed by atoms with E-state index in [1.54, 1.807) is 42.5 Å². The standard InChI is InChI=1S/C23H16Cl3N3O3S/c1-12-9-15(13(2)29(12)17-7-8-18(25)19(26)11-17)10-20(22(30)31)33-23-28-27-21(32-23)14-3-5-16(24)6-4-14/h3-11H,1-2H3,(H,30,31)/b20-10-. The summed E-state index contributed by atoms with van der Waals surface area (Å²) in [5.74, 6) is -0.831. The molecule has 0 aliphatic heterocycles. The lowest BCUT2D eigenvalue weighted by Crippen LogP contribution is -2.00. The number of halogens is 3. The van der Waals surface area contributed by atoms with Crippen LogP contribution in [0.5, 0.6) is 0 Å². The van der Waals surface area contributed by atoms with Gasteiger partial charge in [-0.1, -0.05) is 34.8 Å². The third-order valence-electron chi connectivity index (χ3n) is 4.82. The van der Waals surface area contributed by atoms with Crippen LogP contribution in [0.4, 0.5) is 0 Å². The van der Waals surface area contributed by atoms with Gasteiger partial charge in [-0.05, 0) is 85.8 Å². The average molecular weight is 521 g/mol. The number of hydrogen-bond acceptors (Lipinski definition) is 5. The minimum Gasteiger partial charge on any atom is -0.477 e. The number of aromatic nitrogens is 3. The predicted molar refractivity (Wildman–Crippen MR) is 131 cm³/mol. The number of carbonyl (C=O) groups is 1. The van der Waals surface area contributed by atoms with E-state index in [0.717, 1.165) is 34.4 Å². The normalized spacial score (nSPS) is 11.7. The molecule has 0 fully saturated rings. The molecule has 6 nitrogen and oxygen atoms in total. The van der Waals surface area contributed by atoms with Gasteiger partial charge in [0.1, 0.15) is 4.91 Å². The first-order chi connectivity index (χ1) is 15.7. The third kappa shape index (κ3) is 5.12. The number of aryl methyl sites for hydroxylation is 1. The summed E-state index contributed by atoms with van der Waals surface area (Å²) in [7, 11) is 0. The molecule has 0 spiro atoms. The molecule has 0 bridgehead atoms. The van der Waals surface area contributed by atoms with E-state index in [1.165, 1.54) is 0 Å². The second kappa shape index (κ2) is 9.65. The Balaban J connectivity index is 1.65. The van der Waals surface area contributed by atoms with Crippen LogP contribution in [0.25, 0.3) is 23.2 Å². The second-order valence-corrected chi connectivity index (χ2v) is 9.30. The van der Waals surface area contributed by atoms with Crippen LogP contribution >= 0.6 is 46.6 Å². The molecule has 0 saturated carbocycles. The van der Waals surface area contributed by atoms with E-state index in [1.807, 2.05) is 30.5 Å². The van der Waals surface area contributed by atoms with Gasteiger partial charge in [0.05, 0.1) is 10.0 Å². The van der Waals surface area contributed by atoms with Crippen molar-refractivity contribution in [3.8, 4) is 17.1 Å². The van der Waals surface area contributed by atoms with Crippen molar-refractivity contribution < 1.29 is 14.3 Å². The molecule has 0 unspecified atom stereocenters. The highest BCUT2D eigenvalue weighted by Gasteiger charge is 2.18. The SMILES string of the molecule is Cc1cc(/C=C(\Sc2nnc(-c3ccc(Cl)cc3)o2)C(=O)O)c(C)n1-c1ccc(Cl)c(Cl)c1. The van der Waals surface area contributed by atoms with Crippen molar-refractivity contribution in [2.24, 2.45) is 0 Å². The Morgan fingerprint density at radius 2 is 1.76 bits per heavy atom. The van der Waals surface area contributed by atoms with Crippen molar-refractivity contribution >= 4 is 58.6 Å². The van der Waals surface area contributed by atoms with Crippen LogP contribution in [-0.4, -0.2) is 25.8 Å². The highest BCUT2D eigenvalue weighted by molar-refractivity contribution is 8.03.